The van der Waals surface area contributed by atoms with E-state index >= 15 is 0 Å². The molecule has 0 unspecified atom stereocenters. The van der Waals surface area contributed by atoms with E-state index in [1.165, 1.54) is 16.9 Å². The molecule has 1 aromatic carbocycles. The average molecular weight is 327 g/mol. The fourth-order valence-corrected chi connectivity index (χ4v) is 3.50. The molecule has 0 radical (unpaired) electrons. The molecule has 0 atom stereocenters. The molecule has 0 saturated carbocycles. The molecular weight excluding hydrogens is 306 g/mol. The van der Waals surface area contributed by atoms with Gasteiger partial charge in [-0.05, 0) is 30.0 Å². The van der Waals surface area contributed by atoms with Crippen LogP contribution in [0.1, 0.15) is 37.0 Å². The van der Waals surface area contributed by atoms with E-state index in [-0.39, 0.29) is 11.2 Å². The number of anilines is 1. The van der Waals surface area contributed by atoms with E-state index in [0.29, 0.717) is 23.0 Å². The van der Waals surface area contributed by atoms with Crippen LogP contribution in [0, 0.1) is 12.3 Å². The van der Waals surface area contributed by atoms with Gasteiger partial charge in [0.25, 0.3) is 0 Å². The van der Waals surface area contributed by atoms with Crippen molar-refractivity contribution in [2.45, 2.75) is 33.1 Å². The van der Waals surface area contributed by atoms with Gasteiger partial charge in [-0.1, -0.05) is 32.9 Å². The number of benzene rings is 1. The molecule has 1 aliphatic rings. The van der Waals surface area contributed by atoms with Crippen LogP contribution in [0.5, 0.6) is 0 Å². The van der Waals surface area contributed by atoms with Crippen LogP contribution in [0.4, 0.5) is 5.69 Å². The molecule has 0 saturated heterocycles. The zero-order valence-electron chi connectivity index (χ0n) is 13.8. The quantitative estimate of drug-likeness (QED) is 0.853. The largest absolute Gasteiger partial charge is 0.510 e. The lowest BCUT2D eigenvalue weighted by atomic mass is 9.87. The predicted molar refractivity (Wildman–Crippen MR) is 96.6 cm³/mol. The Balaban J connectivity index is 1.88. The van der Waals surface area contributed by atoms with E-state index < -0.39 is 0 Å². The first kappa shape index (κ1) is 15.7. The van der Waals surface area contributed by atoms with Crippen molar-refractivity contribution in [1.29, 1.82) is 5.41 Å². The lowest BCUT2D eigenvalue weighted by Crippen LogP contribution is -2.26. The summed E-state index contributed by atoms with van der Waals surface area (Å²) in [7, 11) is 0. The maximum atomic E-state index is 10.3. The lowest BCUT2D eigenvalue weighted by molar-refractivity contribution is 0.411. The third-order valence-electron chi connectivity index (χ3n) is 3.98. The van der Waals surface area contributed by atoms with Gasteiger partial charge in [-0.15, -0.1) is 11.3 Å². The second kappa shape index (κ2) is 5.49. The predicted octanol–water partition coefficient (Wildman–Crippen LogP) is 4.52. The highest BCUT2D eigenvalue weighted by Gasteiger charge is 2.31. The molecular formula is C18H21N3OS. The number of rotatable bonds is 2. The standard InChI is InChI=1S/C18H21N3OS/c1-11-10-23-17(20-11)15-14(22)9-21(16(15)19)13-7-5-12(6-8-13)18(2,3)4/h5-8,10,19,22H,9H2,1-4H3. The molecule has 23 heavy (non-hydrogen) atoms. The molecule has 2 heterocycles. The third-order valence-corrected chi connectivity index (χ3v) is 4.96. The zero-order valence-corrected chi connectivity index (χ0v) is 14.7. The van der Waals surface area contributed by atoms with Crippen molar-refractivity contribution in [2.75, 3.05) is 11.4 Å². The van der Waals surface area contributed by atoms with Gasteiger partial charge in [0.2, 0.25) is 0 Å². The number of aliphatic hydroxyl groups excluding tert-OH is 1. The van der Waals surface area contributed by atoms with Crippen molar-refractivity contribution >= 4 is 28.4 Å². The number of amidine groups is 1. The Morgan fingerprint density at radius 1 is 1.22 bits per heavy atom. The summed E-state index contributed by atoms with van der Waals surface area (Å²) in [6.07, 6.45) is 0. The van der Waals surface area contributed by atoms with Crippen molar-refractivity contribution in [3.8, 4) is 0 Å². The minimum absolute atomic E-state index is 0.0982. The number of aliphatic hydroxyl groups is 1. The van der Waals surface area contributed by atoms with Gasteiger partial charge in [0, 0.05) is 16.8 Å². The number of thiazole rings is 1. The number of hydrogen-bond donors (Lipinski definition) is 2. The van der Waals surface area contributed by atoms with Gasteiger partial charge in [0.05, 0.1) is 12.1 Å². The molecule has 120 valence electrons. The smallest absolute Gasteiger partial charge is 0.139 e. The second-order valence-electron chi connectivity index (χ2n) is 6.85. The van der Waals surface area contributed by atoms with Gasteiger partial charge in [-0.25, -0.2) is 4.98 Å². The van der Waals surface area contributed by atoms with E-state index in [9.17, 15) is 5.11 Å². The van der Waals surface area contributed by atoms with Gasteiger partial charge in [-0.3, -0.25) is 5.41 Å². The summed E-state index contributed by atoms with van der Waals surface area (Å²) >= 11 is 1.46. The van der Waals surface area contributed by atoms with Crippen LogP contribution in [0.3, 0.4) is 0 Å². The van der Waals surface area contributed by atoms with Gasteiger partial charge < -0.3 is 10.0 Å². The first-order chi connectivity index (χ1) is 10.8. The van der Waals surface area contributed by atoms with Crippen LogP contribution in [-0.2, 0) is 5.41 Å². The normalized spacial score (nSPS) is 15.7. The van der Waals surface area contributed by atoms with Crippen LogP contribution in [-0.4, -0.2) is 22.5 Å². The van der Waals surface area contributed by atoms with Crippen molar-refractivity contribution in [2.24, 2.45) is 0 Å². The van der Waals surface area contributed by atoms with Crippen LogP contribution >= 0.6 is 11.3 Å². The summed E-state index contributed by atoms with van der Waals surface area (Å²) in [4.78, 5) is 6.21. The number of aromatic nitrogens is 1. The van der Waals surface area contributed by atoms with Gasteiger partial charge in [0.1, 0.15) is 16.6 Å². The average Bonchev–Trinajstić information content (AvgIpc) is 3.02. The van der Waals surface area contributed by atoms with Crippen molar-refractivity contribution in [3.63, 3.8) is 0 Å². The Kier molecular flexibility index (Phi) is 3.76. The molecule has 5 heteroatoms. The molecule has 1 aromatic heterocycles. The topological polar surface area (TPSA) is 60.2 Å². The molecule has 3 rings (SSSR count). The van der Waals surface area contributed by atoms with Gasteiger partial charge >= 0.3 is 0 Å². The van der Waals surface area contributed by atoms with Gasteiger partial charge in [0.15, 0.2) is 0 Å². The first-order valence-electron chi connectivity index (χ1n) is 7.59. The van der Waals surface area contributed by atoms with Gasteiger partial charge in [-0.2, -0.15) is 0 Å². The highest BCUT2D eigenvalue weighted by molar-refractivity contribution is 7.11. The molecule has 0 amide bonds. The van der Waals surface area contributed by atoms with Crippen LogP contribution < -0.4 is 4.90 Å². The number of nitrogens with one attached hydrogen (secondary N) is 1. The molecule has 0 aliphatic carbocycles. The number of hydrogen-bond acceptors (Lipinski definition) is 4. The van der Waals surface area contributed by atoms with Crippen LogP contribution in [0.15, 0.2) is 35.4 Å². The Morgan fingerprint density at radius 2 is 1.87 bits per heavy atom. The highest BCUT2D eigenvalue weighted by atomic mass is 32.1. The first-order valence-corrected chi connectivity index (χ1v) is 8.47. The van der Waals surface area contributed by atoms with E-state index in [4.69, 9.17) is 5.41 Å². The van der Waals surface area contributed by atoms with Crippen LogP contribution in [0.25, 0.3) is 5.57 Å². The Labute approximate surface area is 140 Å². The minimum atomic E-state index is 0.0982. The SMILES string of the molecule is Cc1csc(C2=C(O)CN(c3ccc(C(C)(C)C)cc3)C2=N)n1. The fourth-order valence-electron chi connectivity index (χ4n) is 2.63. The Hall–Kier alpha value is -2.14. The van der Waals surface area contributed by atoms with E-state index in [2.05, 4.69) is 37.9 Å². The summed E-state index contributed by atoms with van der Waals surface area (Å²) in [6, 6.07) is 8.20. The third kappa shape index (κ3) is 2.88. The van der Waals surface area contributed by atoms with E-state index in [1.54, 1.807) is 0 Å². The Bertz CT molecular complexity index is 781. The number of nitrogens with zero attached hydrogens (tertiary/aromatic N) is 2. The minimum Gasteiger partial charge on any atom is -0.510 e. The summed E-state index contributed by atoms with van der Waals surface area (Å²) in [5.74, 6) is 0.518. The monoisotopic (exact) mass is 327 g/mol. The molecule has 0 spiro atoms. The molecule has 2 aromatic rings. The summed E-state index contributed by atoms with van der Waals surface area (Å²) in [6.45, 7) is 8.77. The fraction of sp³-hybridized carbons (Fsp3) is 0.333. The van der Waals surface area contributed by atoms with Crippen LogP contribution in [0.2, 0.25) is 0 Å². The van der Waals surface area contributed by atoms with E-state index in [0.717, 1.165) is 11.4 Å². The van der Waals surface area contributed by atoms with E-state index in [1.807, 2.05) is 29.3 Å². The zero-order chi connectivity index (χ0) is 16.8. The maximum Gasteiger partial charge on any atom is 0.139 e. The highest BCUT2D eigenvalue weighted by Crippen LogP contribution is 2.33. The second-order valence-corrected chi connectivity index (χ2v) is 7.71. The molecule has 4 nitrogen and oxygen atoms in total. The molecule has 1 aliphatic heterocycles. The molecule has 2 N–H and O–H groups in total. The summed E-state index contributed by atoms with van der Waals surface area (Å²) < 4.78 is 0. The van der Waals surface area contributed by atoms with Crippen molar-refractivity contribution in [1.82, 2.24) is 4.98 Å². The molecule has 0 bridgehead atoms. The maximum absolute atomic E-state index is 10.3. The molecule has 0 fully saturated rings. The number of aryl methyl sites for hydroxylation is 1. The summed E-state index contributed by atoms with van der Waals surface area (Å²) in [5.41, 5.74) is 3.72. The lowest BCUT2D eigenvalue weighted by Gasteiger charge is -2.22. The van der Waals surface area contributed by atoms with Crippen molar-refractivity contribution in [3.05, 3.63) is 51.7 Å². The van der Waals surface area contributed by atoms with Crippen molar-refractivity contribution < 1.29 is 5.11 Å². The summed E-state index contributed by atoms with van der Waals surface area (Å²) in [5, 5.41) is 21.4. The Morgan fingerprint density at radius 3 is 2.39 bits per heavy atom.